The Morgan fingerprint density at radius 1 is 0.913 bits per heavy atom. The number of imidazole rings is 1. The lowest BCUT2D eigenvalue weighted by atomic mass is 10.1. The van der Waals surface area contributed by atoms with E-state index in [1.165, 1.54) is 5.39 Å². The largest absolute Gasteiger partial charge is 0.491 e. The zero-order valence-electron chi connectivity index (χ0n) is 12.6. The summed E-state index contributed by atoms with van der Waals surface area (Å²) >= 11 is 0. The summed E-state index contributed by atoms with van der Waals surface area (Å²) in [4.78, 5) is 4.37. The van der Waals surface area contributed by atoms with Gasteiger partial charge < -0.3 is 15.0 Å². The fourth-order valence-corrected chi connectivity index (χ4v) is 2.90. The zero-order chi connectivity index (χ0) is 15.6. The molecule has 0 saturated heterocycles. The Balaban J connectivity index is 1.56. The Morgan fingerprint density at radius 2 is 1.70 bits per heavy atom. The van der Waals surface area contributed by atoms with Crippen molar-refractivity contribution in [3.63, 3.8) is 0 Å². The van der Waals surface area contributed by atoms with Gasteiger partial charge in [-0.3, -0.25) is 0 Å². The lowest BCUT2D eigenvalue weighted by molar-refractivity contribution is 0.304. The van der Waals surface area contributed by atoms with Gasteiger partial charge in [-0.05, 0) is 23.6 Å². The lowest BCUT2D eigenvalue weighted by Crippen LogP contribution is -2.10. The number of nitrogen functional groups attached to an aromatic ring is 1. The highest BCUT2D eigenvalue weighted by atomic mass is 16.5. The van der Waals surface area contributed by atoms with E-state index in [1.807, 2.05) is 53.1 Å². The highest BCUT2D eigenvalue weighted by molar-refractivity contribution is 5.88. The third kappa shape index (κ3) is 2.48. The van der Waals surface area contributed by atoms with E-state index in [-0.39, 0.29) is 0 Å². The van der Waals surface area contributed by atoms with Gasteiger partial charge in [-0.15, -0.1) is 0 Å². The number of nitrogens with two attached hydrogens (primary N) is 1. The Kier molecular flexibility index (Phi) is 3.35. The van der Waals surface area contributed by atoms with Crippen molar-refractivity contribution in [2.24, 2.45) is 0 Å². The van der Waals surface area contributed by atoms with E-state index in [1.54, 1.807) is 0 Å². The number of anilines is 1. The number of benzene rings is 3. The van der Waals surface area contributed by atoms with Crippen LogP contribution in [0.1, 0.15) is 0 Å². The predicted octanol–water partition coefficient (Wildman–Crippen LogP) is 3.85. The number of aromatic nitrogens is 2. The van der Waals surface area contributed by atoms with E-state index >= 15 is 0 Å². The number of hydrogen-bond donors (Lipinski definition) is 1. The second-order valence-electron chi connectivity index (χ2n) is 5.44. The lowest BCUT2D eigenvalue weighted by Gasteiger charge is -2.11. The Bertz CT molecular complexity index is 969. The summed E-state index contributed by atoms with van der Waals surface area (Å²) in [6.45, 7) is 1.20. The summed E-state index contributed by atoms with van der Waals surface area (Å²) in [5.41, 5.74) is 7.97. The number of ether oxygens (including phenoxy) is 1. The van der Waals surface area contributed by atoms with Crippen molar-refractivity contribution in [1.29, 1.82) is 0 Å². The Hall–Kier alpha value is -3.01. The first-order valence-corrected chi connectivity index (χ1v) is 7.64. The van der Waals surface area contributed by atoms with Crippen LogP contribution in [0.2, 0.25) is 0 Å². The summed E-state index contributed by atoms with van der Waals surface area (Å²) in [5.74, 6) is 1.42. The van der Waals surface area contributed by atoms with Gasteiger partial charge in [-0.2, -0.15) is 0 Å². The van der Waals surface area contributed by atoms with Crippen molar-refractivity contribution in [2.45, 2.75) is 6.54 Å². The van der Waals surface area contributed by atoms with Crippen LogP contribution in [0, 0.1) is 0 Å². The molecule has 0 unspecified atom stereocenters. The first kappa shape index (κ1) is 13.6. The smallest absolute Gasteiger partial charge is 0.201 e. The maximum absolute atomic E-state index is 6.02. The molecule has 0 radical (unpaired) electrons. The van der Waals surface area contributed by atoms with Crippen molar-refractivity contribution >= 4 is 27.8 Å². The zero-order valence-corrected chi connectivity index (χ0v) is 12.6. The van der Waals surface area contributed by atoms with Crippen LogP contribution in [0.5, 0.6) is 5.75 Å². The molecular weight excluding hydrogens is 286 g/mol. The number of nitrogens with zero attached hydrogens (tertiary/aromatic N) is 2. The molecule has 23 heavy (non-hydrogen) atoms. The van der Waals surface area contributed by atoms with Crippen LogP contribution < -0.4 is 10.5 Å². The molecule has 4 heteroatoms. The topological polar surface area (TPSA) is 53.1 Å². The summed E-state index contributed by atoms with van der Waals surface area (Å²) in [7, 11) is 0. The van der Waals surface area contributed by atoms with Gasteiger partial charge >= 0.3 is 0 Å². The molecule has 4 rings (SSSR count). The first-order chi connectivity index (χ1) is 11.3. The van der Waals surface area contributed by atoms with Gasteiger partial charge in [0.1, 0.15) is 12.4 Å². The number of para-hydroxylation sites is 2. The van der Waals surface area contributed by atoms with E-state index in [0.29, 0.717) is 19.1 Å². The van der Waals surface area contributed by atoms with Crippen LogP contribution in [0.15, 0.2) is 66.7 Å². The molecule has 0 aliphatic rings. The van der Waals surface area contributed by atoms with Gasteiger partial charge in [0.05, 0.1) is 17.6 Å². The van der Waals surface area contributed by atoms with Crippen LogP contribution in [0.4, 0.5) is 5.95 Å². The van der Waals surface area contributed by atoms with Gasteiger partial charge in [0, 0.05) is 5.39 Å². The molecular formula is C19H17N3O. The Morgan fingerprint density at radius 3 is 2.65 bits per heavy atom. The molecule has 1 aromatic heterocycles. The highest BCUT2D eigenvalue weighted by Gasteiger charge is 2.07. The molecule has 0 bridgehead atoms. The molecule has 0 spiro atoms. The molecule has 1 heterocycles. The van der Waals surface area contributed by atoms with Gasteiger partial charge in [-0.1, -0.05) is 48.5 Å². The third-order valence-electron chi connectivity index (χ3n) is 4.01. The molecule has 0 atom stereocenters. The molecule has 0 aliphatic heterocycles. The third-order valence-corrected chi connectivity index (χ3v) is 4.01. The standard InChI is InChI=1S/C19H17N3O/c20-19-21-16-9-3-4-10-17(16)22(19)12-13-23-18-11-5-7-14-6-1-2-8-15(14)18/h1-11H,12-13H2,(H2,20,21). The summed E-state index contributed by atoms with van der Waals surface area (Å²) in [5, 5.41) is 2.30. The molecule has 4 nitrogen and oxygen atoms in total. The molecule has 4 aromatic rings. The fourth-order valence-electron chi connectivity index (χ4n) is 2.90. The molecule has 0 saturated carbocycles. The van der Waals surface area contributed by atoms with E-state index < -0.39 is 0 Å². The van der Waals surface area contributed by atoms with Crippen LogP contribution in [0.3, 0.4) is 0 Å². The van der Waals surface area contributed by atoms with Gasteiger partial charge in [0.2, 0.25) is 5.95 Å². The molecule has 0 aliphatic carbocycles. The molecule has 3 aromatic carbocycles. The monoisotopic (exact) mass is 303 g/mol. The number of rotatable bonds is 4. The van der Waals surface area contributed by atoms with Crippen molar-refractivity contribution in [2.75, 3.05) is 12.3 Å². The van der Waals surface area contributed by atoms with Gasteiger partial charge in [0.15, 0.2) is 0 Å². The normalized spacial score (nSPS) is 11.1. The van der Waals surface area contributed by atoms with E-state index in [9.17, 15) is 0 Å². The average molecular weight is 303 g/mol. The fraction of sp³-hybridized carbons (Fsp3) is 0.105. The average Bonchev–Trinajstić information content (AvgIpc) is 2.91. The maximum atomic E-state index is 6.02. The second-order valence-corrected chi connectivity index (χ2v) is 5.44. The van der Waals surface area contributed by atoms with E-state index in [2.05, 4.69) is 23.2 Å². The van der Waals surface area contributed by atoms with E-state index in [0.717, 1.165) is 22.2 Å². The van der Waals surface area contributed by atoms with Crippen molar-refractivity contribution < 1.29 is 4.74 Å². The van der Waals surface area contributed by atoms with Crippen molar-refractivity contribution in [3.8, 4) is 5.75 Å². The summed E-state index contributed by atoms with van der Waals surface area (Å²) < 4.78 is 7.98. The Labute approximate surface area is 134 Å². The van der Waals surface area contributed by atoms with Gasteiger partial charge in [-0.25, -0.2) is 4.98 Å². The minimum atomic E-state index is 0.521. The highest BCUT2D eigenvalue weighted by Crippen LogP contribution is 2.25. The van der Waals surface area contributed by atoms with Crippen LogP contribution in [-0.4, -0.2) is 16.2 Å². The summed E-state index contributed by atoms with van der Waals surface area (Å²) in [6, 6.07) is 22.3. The van der Waals surface area contributed by atoms with Crippen molar-refractivity contribution in [3.05, 3.63) is 66.7 Å². The quantitative estimate of drug-likeness (QED) is 0.623. The maximum Gasteiger partial charge on any atom is 0.201 e. The van der Waals surface area contributed by atoms with Crippen molar-refractivity contribution in [1.82, 2.24) is 9.55 Å². The predicted molar refractivity (Wildman–Crippen MR) is 93.6 cm³/mol. The molecule has 114 valence electrons. The van der Waals surface area contributed by atoms with Gasteiger partial charge in [0.25, 0.3) is 0 Å². The second kappa shape index (κ2) is 5.65. The minimum Gasteiger partial charge on any atom is -0.491 e. The summed E-state index contributed by atoms with van der Waals surface area (Å²) in [6.07, 6.45) is 0. The molecule has 2 N–H and O–H groups in total. The van der Waals surface area contributed by atoms with E-state index in [4.69, 9.17) is 10.5 Å². The minimum absolute atomic E-state index is 0.521. The number of hydrogen-bond acceptors (Lipinski definition) is 3. The molecule has 0 fully saturated rings. The molecule has 0 amide bonds. The van der Waals surface area contributed by atoms with Crippen LogP contribution in [-0.2, 0) is 6.54 Å². The SMILES string of the molecule is Nc1nc2ccccc2n1CCOc1cccc2ccccc12. The van der Waals surface area contributed by atoms with Crippen LogP contribution in [0.25, 0.3) is 21.8 Å². The first-order valence-electron chi connectivity index (χ1n) is 7.64. The number of fused-ring (bicyclic) bond motifs is 2. The van der Waals surface area contributed by atoms with Crippen LogP contribution >= 0.6 is 0 Å².